The Kier molecular flexibility index (Phi) is 4.04. The Hall–Kier alpha value is -3.74. The van der Waals surface area contributed by atoms with Crippen molar-refractivity contribution in [2.75, 3.05) is 13.9 Å². The summed E-state index contributed by atoms with van der Waals surface area (Å²) in [7, 11) is 1.32. The number of nitrogens with zero attached hydrogens (tertiary/aromatic N) is 1. The monoisotopic (exact) mass is 364 g/mol. The number of ether oxygens (including phenoxy) is 3. The molecule has 2 heterocycles. The molecule has 0 unspecified atom stereocenters. The molecule has 0 radical (unpaired) electrons. The number of esters is 1. The smallest absolute Gasteiger partial charge is 0.337 e. The van der Waals surface area contributed by atoms with E-state index in [0.29, 0.717) is 33.3 Å². The van der Waals surface area contributed by atoms with Crippen LogP contribution in [0.3, 0.4) is 0 Å². The van der Waals surface area contributed by atoms with Gasteiger partial charge in [0.2, 0.25) is 6.79 Å². The van der Waals surface area contributed by atoms with Crippen molar-refractivity contribution in [1.82, 2.24) is 9.78 Å². The van der Waals surface area contributed by atoms with Gasteiger partial charge in [0.05, 0.1) is 28.9 Å². The number of nitrogens with one attached hydrogen (secondary N) is 1. The van der Waals surface area contributed by atoms with Crippen LogP contribution in [0.2, 0.25) is 0 Å². The van der Waals surface area contributed by atoms with Crippen LogP contribution >= 0.6 is 0 Å². The molecular formula is C20H16N2O5. The van der Waals surface area contributed by atoms with Crippen molar-refractivity contribution in [3.63, 3.8) is 0 Å². The summed E-state index contributed by atoms with van der Waals surface area (Å²) < 4.78 is 16.7. The van der Waals surface area contributed by atoms with Gasteiger partial charge in [0, 0.05) is 0 Å². The van der Waals surface area contributed by atoms with Gasteiger partial charge < -0.3 is 14.2 Å². The fourth-order valence-corrected chi connectivity index (χ4v) is 2.86. The minimum Gasteiger partial charge on any atom is -0.465 e. The van der Waals surface area contributed by atoms with Gasteiger partial charge in [0.1, 0.15) is 0 Å². The molecular weight excluding hydrogens is 348 g/mol. The lowest BCUT2D eigenvalue weighted by molar-refractivity contribution is 0.0600. The predicted molar refractivity (Wildman–Crippen MR) is 98.6 cm³/mol. The highest BCUT2D eigenvalue weighted by atomic mass is 16.7. The second kappa shape index (κ2) is 6.53. The van der Waals surface area contributed by atoms with Crippen molar-refractivity contribution in [2.45, 2.75) is 0 Å². The molecule has 0 saturated carbocycles. The second-order valence-electron chi connectivity index (χ2n) is 5.94. The van der Waals surface area contributed by atoms with Gasteiger partial charge in [0.25, 0.3) is 5.56 Å². The van der Waals surface area contributed by atoms with Gasteiger partial charge in [0.15, 0.2) is 11.5 Å². The van der Waals surface area contributed by atoms with Gasteiger partial charge >= 0.3 is 5.97 Å². The highest BCUT2D eigenvalue weighted by Crippen LogP contribution is 2.32. The lowest BCUT2D eigenvalue weighted by Crippen LogP contribution is -2.33. The number of fused-ring (bicyclic) bond motifs is 1. The summed E-state index contributed by atoms with van der Waals surface area (Å²) in [6, 6.07) is 12.0. The molecule has 1 aliphatic heterocycles. The van der Waals surface area contributed by atoms with E-state index in [9.17, 15) is 9.59 Å². The fourth-order valence-electron chi connectivity index (χ4n) is 2.86. The Morgan fingerprint density at radius 3 is 2.67 bits per heavy atom. The zero-order chi connectivity index (χ0) is 19.0. The van der Waals surface area contributed by atoms with Gasteiger partial charge in [-0.25, -0.2) is 9.48 Å². The van der Waals surface area contributed by atoms with Crippen LogP contribution in [0.15, 0.2) is 47.3 Å². The van der Waals surface area contributed by atoms with E-state index < -0.39 is 5.97 Å². The SMILES string of the molecule is C=c1[nH]n(-c2ccc(C(=O)OC)cc2)c(=O)c1=Cc1ccc2c(c1)OCO2. The number of methoxy groups -OCH3 is 1. The summed E-state index contributed by atoms with van der Waals surface area (Å²) >= 11 is 0. The average molecular weight is 364 g/mol. The molecule has 4 rings (SSSR count). The molecule has 0 saturated heterocycles. The lowest BCUT2D eigenvalue weighted by Gasteiger charge is -2.03. The molecule has 3 aromatic rings. The Bertz CT molecular complexity index is 1190. The van der Waals surface area contributed by atoms with Crippen LogP contribution in [0.5, 0.6) is 11.5 Å². The highest BCUT2D eigenvalue weighted by Gasteiger charge is 2.13. The summed E-state index contributed by atoms with van der Waals surface area (Å²) in [6.45, 7) is 4.11. The van der Waals surface area contributed by atoms with E-state index in [2.05, 4.69) is 16.4 Å². The topological polar surface area (TPSA) is 82.6 Å². The zero-order valence-corrected chi connectivity index (χ0v) is 14.5. The Balaban J connectivity index is 1.75. The van der Waals surface area contributed by atoms with Crippen LogP contribution in [0.1, 0.15) is 15.9 Å². The maximum atomic E-state index is 12.8. The standard InChI is InChI=1S/C20H16N2O5/c1-12-16(9-13-3-8-17-18(10-13)27-11-26-17)19(23)22(21-12)15-6-4-14(5-7-15)20(24)25-2/h3-10,21H,1,11H2,2H3. The van der Waals surface area contributed by atoms with E-state index in [1.165, 1.54) is 11.8 Å². The van der Waals surface area contributed by atoms with Crippen molar-refractivity contribution in [3.05, 3.63) is 74.5 Å². The van der Waals surface area contributed by atoms with E-state index >= 15 is 0 Å². The van der Waals surface area contributed by atoms with Crippen LogP contribution in [0, 0.1) is 0 Å². The van der Waals surface area contributed by atoms with Crippen molar-refractivity contribution >= 4 is 18.6 Å². The number of H-pyrrole nitrogens is 1. The van der Waals surface area contributed by atoms with Gasteiger partial charge in [-0.15, -0.1) is 0 Å². The number of aromatic amines is 1. The number of benzene rings is 2. The maximum Gasteiger partial charge on any atom is 0.337 e. The molecule has 0 fully saturated rings. The largest absolute Gasteiger partial charge is 0.465 e. The predicted octanol–water partition coefficient (Wildman–Crippen LogP) is 0.920. The summed E-state index contributed by atoms with van der Waals surface area (Å²) in [4.78, 5) is 24.4. The molecule has 1 N–H and O–H groups in total. The molecule has 1 aliphatic rings. The number of carbonyl (C=O) groups is 1. The van der Waals surface area contributed by atoms with Crippen molar-refractivity contribution in [3.8, 4) is 17.2 Å². The third-order valence-electron chi connectivity index (χ3n) is 4.26. The number of carbonyl (C=O) groups excluding carboxylic acids is 1. The second-order valence-corrected chi connectivity index (χ2v) is 5.94. The Morgan fingerprint density at radius 2 is 1.93 bits per heavy atom. The Morgan fingerprint density at radius 1 is 1.19 bits per heavy atom. The van der Waals surface area contributed by atoms with E-state index in [-0.39, 0.29) is 12.4 Å². The molecule has 1 aromatic heterocycles. The number of rotatable bonds is 3. The number of hydrogen-bond acceptors (Lipinski definition) is 5. The third-order valence-corrected chi connectivity index (χ3v) is 4.26. The summed E-state index contributed by atoms with van der Waals surface area (Å²) in [6.07, 6.45) is 1.74. The fraction of sp³-hybridized carbons (Fsp3) is 0.100. The molecule has 7 nitrogen and oxygen atoms in total. The molecule has 0 aliphatic carbocycles. The molecule has 2 aromatic carbocycles. The van der Waals surface area contributed by atoms with E-state index in [1.807, 2.05) is 12.1 Å². The third kappa shape index (κ3) is 2.99. The van der Waals surface area contributed by atoms with Crippen LogP contribution in [0.25, 0.3) is 18.3 Å². The first-order valence-corrected chi connectivity index (χ1v) is 8.17. The first kappa shape index (κ1) is 16.7. The van der Waals surface area contributed by atoms with E-state index in [0.717, 1.165) is 5.56 Å². The minimum absolute atomic E-state index is 0.192. The average Bonchev–Trinajstić information content (AvgIpc) is 3.27. The maximum absolute atomic E-state index is 12.8. The highest BCUT2D eigenvalue weighted by molar-refractivity contribution is 5.89. The van der Waals surface area contributed by atoms with Crippen molar-refractivity contribution in [1.29, 1.82) is 0 Å². The first-order chi connectivity index (χ1) is 13.1. The lowest BCUT2D eigenvalue weighted by atomic mass is 10.1. The van der Waals surface area contributed by atoms with Gasteiger partial charge in [-0.05, 0) is 48.0 Å². The zero-order valence-electron chi connectivity index (χ0n) is 14.5. The molecule has 136 valence electrons. The van der Waals surface area contributed by atoms with Crippen molar-refractivity contribution in [2.24, 2.45) is 0 Å². The molecule has 0 spiro atoms. The van der Waals surface area contributed by atoms with Crippen molar-refractivity contribution < 1.29 is 19.0 Å². The molecule has 27 heavy (non-hydrogen) atoms. The number of hydrogen-bond donors (Lipinski definition) is 1. The summed E-state index contributed by atoms with van der Waals surface area (Å²) in [5.74, 6) is 0.887. The van der Waals surface area contributed by atoms with Gasteiger partial charge in [-0.3, -0.25) is 9.89 Å². The summed E-state index contributed by atoms with van der Waals surface area (Å²) in [5.41, 5.74) is 1.54. The van der Waals surface area contributed by atoms with Crippen LogP contribution in [-0.2, 0) is 4.74 Å². The summed E-state index contributed by atoms with van der Waals surface area (Å²) in [5, 5.41) is 3.87. The van der Waals surface area contributed by atoms with Gasteiger partial charge in [-0.1, -0.05) is 12.6 Å². The normalized spacial score (nSPS) is 13.0. The van der Waals surface area contributed by atoms with Crippen LogP contribution in [-0.4, -0.2) is 29.7 Å². The molecule has 0 atom stereocenters. The molecule has 0 amide bonds. The van der Waals surface area contributed by atoms with E-state index in [4.69, 9.17) is 9.47 Å². The first-order valence-electron chi connectivity index (χ1n) is 8.17. The minimum atomic E-state index is -0.435. The molecule has 0 bridgehead atoms. The Labute approximate surface area is 153 Å². The van der Waals surface area contributed by atoms with E-state index in [1.54, 1.807) is 36.4 Å². The van der Waals surface area contributed by atoms with Crippen LogP contribution < -0.4 is 25.6 Å². The quantitative estimate of drug-likeness (QED) is 0.699. The van der Waals surface area contributed by atoms with Gasteiger partial charge in [-0.2, -0.15) is 0 Å². The van der Waals surface area contributed by atoms with Crippen LogP contribution in [0.4, 0.5) is 0 Å². The molecule has 7 heteroatoms. The number of aromatic nitrogens is 2.